The molecule has 0 unspecified atom stereocenters. The first-order valence-corrected chi connectivity index (χ1v) is 7.84. The number of carboxylic acid groups (broad SMARTS) is 1. The van der Waals surface area contributed by atoms with Crippen molar-refractivity contribution in [3.05, 3.63) is 29.8 Å². The number of hydrogen-bond acceptors (Lipinski definition) is 3. The summed E-state index contributed by atoms with van der Waals surface area (Å²) in [5.74, 6) is -1.49. The van der Waals surface area contributed by atoms with Gasteiger partial charge in [0.1, 0.15) is 6.04 Å². The Morgan fingerprint density at radius 3 is 2.36 bits per heavy atom. The highest BCUT2D eigenvalue weighted by Crippen LogP contribution is 2.30. The van der Waals surface area contributed by atoms with Crippen molar-refractivity contribution in [1.29, 1.82) is 0 Å². The number of hydrogen-bond donors (Lipinski definition) is 2. The molecule has 1 aromatic carbocycles. The monoisotopic (exact) mass is 339 g/mol. The molecule has 0 fully saturated rings. The second-order valence-electron chi connectivity index (χ2n) is 5.17. The fourth-order valence-electron chi connectivity index (χ4n) is 1.77. The van der Waals surface area contributed by atoms with Gasteiger partial charge in [0.15, 0.2) is 0 Å². The highest BCUT2D eigenvalue weighted by atomic mass is 32.2. The second kappa shape index (κ2) is 6.66. The average Bonchev–Trinajstić information content (AvgIpc) is 2.36. The summed E-state index contributed by atoms with van der Waals surface area (Å²) in [7, 11) is -4.36. The van der Waals surface area contributed by atoms with Crippen LogP contribution in [-0.2, 0) is 21.0 Å². The van der Waals surface area contributed by atoms with Crippen molar-refractivity contribution in [3.63, 3.8) is 0 Å². The van der Waals surface area contributed by atoms with Crippen LogP contribution in [0.2, 0.25) is 0 Å². The van der Waals surface area contributed by atoms with Crippen LogP contribution in [0.5, 0.6) is 0 Å². The van der Waals surface area contributed by atoms with Gasteiger partial charge in [-0.25, -0.2) is 8.42 Å². The van der Waals surface area contributed by atoms with E-state index in [1.165, 1.54) is 0 Å². The van der Waals surface area contributed by atoms with Gasteiger partial charge in [0.05, 0.1) is 10.5 Å². The number of alkyl halides is 3. The Morgan fingerprint density at radius 2 is 1.91 bits per heavy atom. The lowest BCUT2D eigenvalue weighted by Gasteiger charge is -2.17. The SMILES string of the molecule is CC(C)C[C@H](NS(=O)(=O)c1cccc(C(F)(F)F)c1)C(=O)O. The summed E-state index contributed by atoms with van der Waals surface area (Å²) >= 11 is 0. The van der Waals surface area contributed by atoms with Crippen LogP contribution in [0.25, 0.3) is 0 Å². The van der Waals surface area contributed by atoms with E-state index in [2.05, 4.69) is 0 Å². The number of carbonyl (C=O) groups is 1. The van der Waals surface area contributed by atoms with E-state index < -0.39 is 38.7 Å². The standard InChI is InChI=1S/C13H16F3NO4S/c1-8(2)6-11(12(18)19)17-22(20,21)10-5-3-4-9(7-10)13(14,15)16/h3-5,7-8,11,17H,6H2,1-2H3,(H,18,19)/t11-/m0/s1. The van der Waals surface area contributed by atoms with E-state index in [0.717, 1.165) is 18.2 Å². The van der Waals surface area contributed by atoms with Crippen LogP contribution in [0.4, 0.5) is 13.2 Å². The summed E-state index contributed by atoms with van der Waals surface area (Å²) in [5, 5.41) is 9.01. The minimum absolute atomic E-state index is 0.0214. The Balaban J connectivity index is 3.11. The molecule has 5 nitrogen and oxygen atoms in total. The van der Waals surface area contributed by atoms with E-state index in [-0.39, 0.29) is 12.3 Å². The van der Waals surface area contributed by atoms with Gasteiger partial charge in [0.25, 0.3) is 0 Å². The first kappa shape index (κ1) is 18.4. The minimum Gasteiger partial charge on any atom is -0.480 e. The highest BCUT2D eigenvalue weighted by Gasteiger charge is 2.32. The molecular formula is C13H16F3NO4S. The van der Waals surface area contributed by atoms with Crippen molar-refractivity contribution in [2.45, 2.75) is 37.4 Å². The van der Waals surface area contributed by atoms with Gasteiger partial charge in [0.2, 0.25) is 10.0 Å². The molecular weight excluding hydrogens is 323 g/mol. The van der Waals surface area contributed by atoms with Gasteiger partial charge in [-0.3, -0.25) is 4.79 Å². The maximum Gasteiger partial charge on any atom is 0.416 e. The van der Waals surface area contributed by atoms with Crippen molar-refractivity contribution >= 4 is 16.0 Å². The molecule has 1 aromatic rings. The van der Waals surface area contributed by atoms with Crippen LogP contribution in [0, 0.1) is 5.92 Å². The summed E-state index contributed by atoms with van der Waals surface area (Å²) in [6, 6.07) is 1.74. The van der Waals surface area contributed by atoms with Gasteiger partial charge in [0, 0.05) is 0 Å². The molecule has 0 saturated heterocycles. The molecule has 22 heavy (non-hydrogen) atoms. The predicted molar refractivity (Wildman–Crippen MR) is 72.6 cm³/mol. The lowest BCUT2D eigenvalue weighted by Crippen LogP contribution is -2.41. The van der Waals surface area contributed by atoms with Crippen LogP contribution in [-0.4, -0.2) is 25.5 Å². The highest BCUT2D eigenvalue weighted by molar-refractivity contribution is 7.89. The largest absolute Gasteiger partial charge is 0.480 e. The molecule has 2 N–H and O–H groups in total. The Kier molecular flexibility index (Phi) is 5.58. The fourth-order valence-corrected chi connectivity index (χ4v) is 3.01. The van der Waals surface area contributed by atoms with Gasteiger partial charge in [-0.2, -0.15) is 17.9 Å². The Bertz CT molecular complexity index is 641. The number of benzene rings is 1. The zero-order chi connectivity index (χ0) is 17.1. The van der Waals surface area contributed by atoms with Crippen LogP contribution in [0.1, 0.15) is 25.8 Å². The maximum atomic E-state index is 12.6. The van der Waals surface area contributed by atoms with Gasteiger partial charge >= 0.3 is 12.1 Å². The van der Waals surface area contributed by atoms with E-state index >= 15 is 0 Å². The maximum absolute atomic E-state index is 12.6. The molecule has 1 atom stereocenters. The van der Waals surface area contributed by atoms with E-state index in [1.807, 2.05) is 4.72 Å². The summed E-state index contributed by atoms with van der Waals surface area (Å²) in [6.07, 6.45) is -4.66. The normalized spacial score (nSPS) is 14.1. The van der Waals surface area contributed by atoms with Crippen molar-refractivity contribution in [3.8, 4) is 0 Å². The summed E-state index contributed by atoms with van der Waals surface area (Å²) in [5.41, 5.74) is -1.12. The number of halogens is 3. The molecule has 0 saturated carbocycles. The molecule has 0 aliphatic carbocycles. The third-order valence-electron chi connectivity index (χ3n) is 2.77. The van der Waals surface area contributed by atoms with E-state index in [4.69, 9.17) is 5.11 Å². The zero-order valence-corrected chi connectivity index (χ0v) is 12.7. The molecule has 0 aliphatic rings. The molecule has 0 amide bonds. The molecule has 0 bridgehead atoms. The van der Waals surface area contributed by atoms with Crippen molar-refractivity contribution in [2.75, 3.05) is 0 Å². The Morgan fingerprint density at radius 1 is 1.32 bits per heavy atom. The molecule has 124 valence electrons. The minimum atomic E-state index is -4.68. The van der Waals surface area contributed by atoms with Crippen LogP contribution in [0.3, 0.4) is 0 Å². The smallest absolute Gasteiger partial charge is 0.416 e. The number of aliphatic carboxylic acids is 1. The second-order valence-corrected chi connectivity index (χ2v) is 6.88. The first-order valence-electron chi connectivity index (χ1n) is 6.36. The topological polar surface area (TPSA) is 83.5 Å². The lowest BCUT2D eigenvalue weighted by atomic mass is 10.1. The van der Waals surface area contributed by atoms with Gasteiger partial charge in [-0.05, 0) is 30.5 Å². The number of carboxylic acids is 1. The number of nitrogens with one attached hydrogen (secondary N) is 1. The van der Waals surface area contributed by atoms with Gasteiger partial charge in [-0.1, -0.05) is 19.9 Å². The molecule has 9 heteroatoms. The molecule has 0 heterocycles. The molecule has 1 rings (SSSR count). The van der Waals surface area contributed by atoms with E-state index in [1.54, 1.807) is 13.8 Å². The average molecular weight is 339 g/mol. The van der Waals surface area contributed by atoms with Crippen LogP contribution >= 0.6 is 0 Å². The Hall–Kier alpha value is -1.61. The molecule has 0 radical (unpaired) electrons. The molecule has 0 aliphatic heterocycles. The Labute approximate surface area is 126 Å². The van der Waals surface area contributed by atoms with E-state index in [0.29, 0.717) is 6.07 Å². The van der Waals surface area contributed by atoms with Crippen molar-refractivity contribution < 1.29 is 31.5 Å². The lowest BCUT2D eigenvalue weighted by molar-refractivity contribution is -0.139. The van der Waals surface area contributed by atoms with Crippen molar-refractivity contribution in [1.82, 2.24) is 4.72 Å². The van der Waals surface area contributed by atoms with E-state index in [9.17, 15) is 26.4 Å². The third kappa shape index (κ3) is 4.99. The summed E-state index contributed by atoms with van der Waals surface area (Å²) in [4.78, 5) is 10.4. The van der Waals surface area contributed by atoms with Gasteiger partial charge in [-0.15, -0.1) is 0 Å². The quantitative estimate of drug-likeness (QED) is 0.834. The number of sulfonamides is 1. The zero-order valence-electron chi connectivity index (χ0n) is 11.9. The molecule has 0 aromatic heterocycles. The van der Waals surface area contributed by atoms with Crippen LogP contribution < -0.4 is 4.72 Å². The fraction of sp³-hybridized carbons (Fsp3) is 0.462. The summed E-state index contributed by atoms with van der Waals surface area (Å²) in [6.45, 7) is 3.41. The molecule has 0 spiro atoms. The first-order chi connectivity index (χ1) is 9.93. The predicted octanol–water partition coefficient (Wildman–Crippen LogP) is 2.48. The van der Waals surface area contributed by atoms with Crippen LogP contribution in [0.15, 0.2) is 29.2 Å². The number of rotatable bonds is 6. The van der Waals surface area contributed by atoms with Crippen molar-refractivity contribution in [2.24, 2.45) is 5.92 Å². The summed E-state index contributed by atoms with van der Waals surface area (Å²) < 4.78 is 63.9. The van der Waals surface area contributed by atoms with Gasteiger partial charge < -0.3 is 5.11 Å². The third-order valence-corrected chi connectivity index (χ3v) is 4.24.